The van der Waals surface area contributed by atoms with Gasteiger partial charge in [-0.3, -0.25) is 0 Å². The van der Waals surface area contributed by atoms with E-state index >= 15 is 0 Å². The maximum Gasteiger partial charge on any atom is 0.315 e. The highest BCUT2D eigenvalue weighted by atomic mass is 16.2. The van der Waals surface area contributed by atoms with Gasteiger partial charge in [0, 0.05) is 12.6 Å². The van der Waals surface area contributed by atoms with Crippen molar-refractivity contribution in [1.29, 1.82) is 0 Å². The Kier molecular flexibility index (Phi) is 0.661. The number of rotatable bonds is 0. The first kappa shape index (κ1) is 3.29. The van der Waals surface area contributed by atoms with Crippen molar-refractivity contribution in [2.75, 3.05) is 6.54 Å². The van der Waals surface area contributed by atoms with Crippen LogP contribution in [0, 0.1) is 0 Å². The third-order valence-corrected chi connectivity index (χ3v) is 0.879. The molecule has 0 bridgehead atoms. The van der Waals surface area contributed by atoms with Gasteiger partial charge in [0.2, 0.25) is 0 Å². The summed E-state index contributed by atoms with van der Waals surface area (Å²) in [6.45, 7) is 2.37. The van der Waals surface area contributed by atoms with E-state index in [4.69, 9.17) is 1.41 Å². The first-order valence-electron chi connectivity index (χ1n) is 2.72. The molecule has 1 atom stereocenters. The third kappa shape index (κ3) is 0.824. The van der Waals surface area contributed by atoms with Crippen LogP contribution in [0.1, 0.15) is 6.92 Å². The van der Waals surface area contributed by atoms with Gasteiger partial charge < -0.3 is 10.6 Å². The molecule has 3 nitrogen and oxygen atoms in total. The highest BCUT2D eigenvalue weighted by Crippen LogP contribution is 1.84. The second kappa shape index (κ2) is 1.40. The molecule has 2 N–H and O–H groups in total. The number of hydrogen-bond donors (Lipinski definition) is 2. The summed E-state index contributed by atoms with van der Waals surface area (Å²) in [4.78, 5) is 10.4. The molecule has 7 heavy (non-hydrogen) atoms. The molecule has 1 saturated heterocycles. The van der Waals surface area contributed by atoms with E-state index in [0.29, 0.717) is 6.54 Å². The Hall–Kier alpha value is -0.730. The second-order valence-corrected chi connectivity index (χ2v) is 1.69. The average molecular weight is 101 g/mol. The summed E-state index contributed by atoms with van der Waals surface area (Å²) in [5.74, 6) is 0. The molecular weight excluding hydrogens is 92.1 g/mol. The lowest BCUT2D eigenvalue weighted by molar-refractivity contribution is 0.247. The Bertz CT molecular complexity index is 117. The zero-order chi connectivity index (χ0) is 6.15. The smallest absolute Gasteiger partial charge is 0.315 e. The van der Waals surface area contributed by atoms with Gasteiger partial charge in [-0.2, -0.15) is 0 Å². The highest BCUT2D eigenvalue weighted by molar-refractivity contribution is 5.76. The molecule has 40 valence electrons. The molecule has 1 aliphatic rings. The summed E-state index contributed by atoms with van der Waals surface area (Å²) in [5, 5.41) is 3.49. The maximum absolute atomic E-state index is 10.4. The molecular formula is C4H8N2O. The van der Waals surface area contributed by atoms with Crippen LogP contribution in [0.2, 0.25) is 1.41 Å². The minimum Gasteiger partial charge on any atom is -0.336 e. The Morgan fingerprint density at radius 2 is 2.86 bits per heavy atom. The molecule has 0 spiro atoms. The molecule has 3 heteroatoms. The van der Waals surface area contributed by atoms with Crippen molar-refractivity contribution in [3.8, 4) is 0 Å². The van der Waals surface area contributed by atoms with E-state index in [2.05, 4.69) is 5.32 Å². The number of nitrogens with one attached hydrogen (secondary N) is 2. The summed E-state index contributed by atoms with van der Waals surface area (Å²) in [7, 11) is 0. The predicted octanol–water partition coefficient (Wildman–Crippen LogP) is -0.312. The first-order chi connectivity index (χ1) is 3.70. The summed E-state index contributed by atoms with van der Waals surface area (Å²) in [6.07, 6.45) is 0. The first-order valence-corrected chi connectivity index (χ1v) is 2.27. The van der Waals surface area contributed by atoms with E-state index in [-0.39, 0.29) is 12.1 Å². The van der Waals surface area contributed by atoms with Crippen LogP contribution >= 0.6 is 0 Å². The Balaban J connectivity index is 2.51. The molecule has 2 amide bonds. The van der Waals surface area contributed by atoms with Crippen LogP contribution in [0.5, 0.6) is 0 Å². The van der Waals surface area contributed by atoms with E-state index in [0.717, 1.165) is 5.31 Å². The van der Waals surface area contributed by atoms with E-state index in [1.807, 2.05) is 6.92 Å². The third-order valence-electron chi connectivity index (χ3n) is 0.879. The van der Waals surface area contributed by atoms with E-state index < -0.39 is 0 Å². The van der Waals surface area contributed by atoms with Crippen molar-refractivity contribution in [3.63, 3.8) is 0 Å². The lowest BCUT2D eigenvalue weighted by Gasteiger charge is -1.92. The lowest BCUT2D eigenvalue weighted by Crippen LogP contribution is -2.23. The number of hydrogen-bond acceptors (Lipinski definition) is 1. The largest absolute Gasteiger partial charge is 0.336 e. The second-order valence-electron chi connectivity index (χ2n) is 1.69. The van der Waals surface area contributed by atoms with Crippen molar-refractivity contribution in [2.24, 2.45) is 0 Å². The van der Waals surface area contributed by atoms with Crippen molar-refractivity contribution < 1.29 is 6.21 Å². The molecule has 0 radical (unpaired) electrons. The average Bonchev–Trinajstić information content (AvgIpc) is 1.85. The van der Waals surface area contributed by atoms with Gasteiger partial charge in [-0.1, -0.05) is 0 Å². The monoisotopic (exact) mass is 101 g/mol. The van der Waals surface area contributed by atoms with Gasteiger partial charge in [0.05, 0.1) is 0 Å². The summed E-state index contributed by atoms with van der Waals surface area (Å²) in [5.41, 5.74) is 0. The molecule has 0 aromatic carbocycles. The van der Waals surface area contributed by atoms with Crippen LogP contribution in [-0.2, 0) is 0 Å². The fraction of sp³-hybridized carbons (Fsp3) is 0.750. The number of carbonyl (C=O) groups is 1. The van der Waals surface area contributed by atoms with Crippen molar-refractivity contribution in [3.05, 3.63) is 0 Å². The fourth-order valence-electron chi connectivity index (χ4n) is 0.522. The number of carbonyl (C=O) groups excluding carboxylic acids is 1. The molecule has 0 aromatic heterocycles. The minimum absolute atomic E-state index is 0.139. The summed E-state index contributed by atoms with van der Waals surface area (Å²) >= 11 is 0. The summed E-state index contributed by atoms with van der Waals surface area (Å²) < 4.78 is 6.89. The quantitative estimate of drug-likeness (QED) is 0.431. The van der Waals surface area contributed by atoms with E-state index in [1.54, 1.807) is 0 Å². The van der Waals surface area contributed by atoms with E-state index in [1.165, 1.54) is 0 Å². The van der Waals surface area contributed by atoms with Crippen LogP contribution < -0.4 is 10.6 Å². The van der Waals surface area contributed by atoms with Crippen LogP contribution in [0.25, 0.3) is 0 Å². The van der Waals surface area contributed by atoms with E-state index in [9.17, 15) is 4.79 Å². The van der Waals surface area contributed by atoms with Gasteiger partial charge in [0.1, 0.15) is 0 Å². The molecule has 0 aromatic rings. The van der Waals surface area contributed by atoms with Crippen LogP contribution in [0.15, 0.2) is 0 Å². The minimum atomic E-state index is -0.294. The van der Waals surface area contributed by atoms with Crippen molar-refractivity contribution in [1.82, 2.24) is 10.6 Å². The molecule has 1 heterocycles. The van der Waals surface area contributed by atoms with Gasteiger partial charge in [-0.15, -0.1) is 0 Å². The molecule has 1 rings (SSSR count). The van der Waals surface area contributed by atoms with Gasteiger partial charge in [0.25, 0.3) is 0 Å². The lowest BCUT2D eigenvalue weighted by atomic mass is 10.4. The number of urea groups is 1. The Morgan fingerprint density at radius 1 is 2.14 bits per heavy atom. The Morgan fingerprint density at radius 3 is 3.00 bits per heavy atom. The molecule has 1 fully saturated rings. The van der Waals surface area contributed by atoms with Gasteiger partial charge >= 0.3 is 6.03 Å². The van der Waals surface area contributed by atoms with Gasteiger partial charge in [-0.25, -0.2) is 4.79 Å². The van der Waals surface area contributed by atoms with Gasteiger partial charge in [0.15, 0.2) is 1.41 Å². The number of amides is 2. The fourth-order valence-corrected chi connectivity index (χ4v) is 0.522. The normalized spacial score (nSPS) is 32.7. The molecule has 1 unspecified atom stereocenters. The Labute approximate surface area is 43.6 Å². The predicted molar refractivity (Wildman–Crippen MR) is 26.0 cm³/mol. The maximum atomic E-state index is 10.4. The highest BCUT2D eigenvalue weighted by Gasteiger charge is 2.13. The summed E-state index contributed by atoms with van der Waals surface area (Å²) in [6, 6.07) is -0.155. The molecule has 0 aliphatic carbocycles. The molecule has 0 saturated carbocycles. The standard InChI is InChI=1S/C4H8N2O/c1-3-2-5-4(7)6-3/h3H,2H2,1H3,(H2,5,6,7)/i/hD. The van der Waals surface area contributed by atoms with Crippen molar-refractivity contribution in [2.45, 2.75) is 13.0 Å². The zero-order valence-electron chi connectivity index (χ0n) is 5.14. The van der Waals surface area contributed by atoms with Crippen molar-refractivity contribution >= 4 is 6.03 Å². The van der Waals surface area contributed by atoms with Gasteiger partial charge in [-0.05, 0) is 6.92 Å². The van der Waals surface area contributed by atoms with Crippen LogP contribution in [-0.4, -0.2) is 18.6 Å². The SMILES string of the molecule is [2H]N1CC(C)NC1=O. The topological polar surface area (TPSA) is 41.1 Å². The zero-order valence-corrected chi connectivity index (χ0v) is 4.14. The van der Waals surface area contributed by atoms with Crippen LogP contribution in [0.3, 0.4) is 0 Å². The molecule has 1 aliphatic heterocycles. The van der Waals surface area contributed by atoms with Crippen LogP contribution in [0.4, 0.5) is 4.79 Å².